The van der Waals surface area contributed by atoms with Gasteiger partial charge in [-0.05, 0) is 96.3 Å². The van der Waals surface area contributed by atoms with Crippen molar-refractivity contribution in [1.29, 1.82) is 0 Å². The third-order valence-corrected chi connectivity index (χ3v) is 11.0. The molecule has 0 bridgehead atoms. The van der Waals surface area contributed by atoms with Crippen molar-refractivity contribution >= 4 is 11.9 Å². The number of carbonyl (C=O) groups excluding carboxylic acids is 2. The molecule has 6 nitrogen and oxygen atoms in total. The lowest BCUT2D eigenvalue weighted by Gasteiger charge is -2.24. The molecule has 3 N–H and O–H groups in total. The van der Waals surface area contributed by atoms with E-state index in [-0.39, 0.29) is 24.9 Å². The van der Waals surface area contributed by atoms with Crippen molar-refractivity contribution in [3.05, 3.63) is 85.1 Å². The Morgan fingerprint density at radius 1 is 0.508 bits per heavy atom. The van der Waals surface area contributed by atoms with Crippen LogP contribution in [0.1, 0.15) is 226 Å². The maximum absolute atomic E-state index is 13.2. The molecule has 0 aromatic heterocycles. The van der Waals surface area contributed by atoms with Crippen LogP contribution in [0.5, 0.6) is 0 Å². The number of hydrogen-bond acceptors (Lipinski definition) is 5. The Labute approximate surface area is 376 Å². The summed E-state index contributed by atoms with van der Waals surface area (Å²) in [5.41, 5.74) is 0. The normalized spacial score (nSPS) is 14.0. The summed E-state index contributed by atoms with van der Waals surface area (Å²) in [5, 5.41) is 23.7. The molecular weight excluding hydrogens is 755 g/mol. The van der Waals surface area contributed by atoms with E-state index >= 15 is 0 Å². The highest BCUT2D eigenvalue weighted by Gasteiger charge is 2.24. The number of amides is 1. The highest BCUT2D eigenvalue weighted by atomic mass is 16.5. The molecule has 0 aliphatic rings. The summed E-state index contributed by atoms with van der Waals surface area (Å²) < 4.78 is 5.90. The molecule has 0 aliphatic carbocycles. The van der Waals surface area contributed by atoms with Gasteiger partial charge in [0, 0.05) is 6.42 Å². The van der Waals surface area contributed by atoms with Gasteiger partial charge >= 0.3 is 5.97 Å². The zero-order chi connectivity index (χ0) is 44.5. The minimum atomic E-state index is -0.802. The molecule has 0 saturated carbocycles. The monoisotopic (exact) mass is 850 g/mol. The lowest BCUT2D eigenvalue weighted by atomic mass is 10.0. The topological polar surface area (TPSA) is 95.9 Å². The molecule has 0 fully saturated rings. The van der Waals surface area contributed by atoms with Gasteiger partial charge in [-0.3, -0.25) is 9.59 Å². The van der Waals surface area contributed by atoms with E-state index in [0.29, 0.717) is 19.3 Å². The Hall–Kier alpha value is -2.96. The first kappa shape index (κ1) is 58.0. The maximum Gasteiger partial charge on any atom is 0.306 e. The van der Waals surface area contributed by atoms with Crippen LogP contribution in [-0.4, -0.2) is 46.9 Å². The number of nitrogens with one attached hydrogen (secondary N) is 1. The van der Waals surface area contributed by atoms with Crippen LogP contribution < -0.4 is 5.32 Å². The van der Waals surface area contributed by atoms with Gasteiger partial charge in [-0.25, -0.2) is 0 Å². The van der Waals surface area contributed by atoms with Crippen molar-refractivity contribution in [2.75, 3.05) is 6.61 Å². The maximum atomic E-state index is 13.2. The summed E-state index contributed by atoms with van der Waals surface area (Å²) in [4.78, 5) is 26.1. The minimum absolute atomic E-state index is 0.0462. The summed E-state index contributed by atoms with van der Waals surface area (Å²) in [6.07, 6.45) is 62.1. The van der Waals surface area contributed by atoms with Crippen LogP contribution in [0.25, 0.3) is 0 Å². The highest BCUT2D eigenvalue weighted by molar-refractivity contribution is 5.77. The van der Waals surface area contributed by atoms with E-state index < -0.39 is 18.2 Å². The van der Waals surface area contributed by atoms with Crippen molar-refractivity contribution in [3.8, 4) is 0 Å². The molecule has 0 heterocycles. The van der Waals surface area contributed by atoms with E-state index in [0.717, 1.165) is 116 Å². The molecule has 6 heteroatoms. The first-order valence-corrected chi connectivity index (χ1v) is 25.3. The van der Waals surface area contributed by atoms with Gasteiger partial charge in [0.2, 0.25) is 5.91 Å². The van der Waals surface area contributed by atoms with Crippen LogP contribution in [0.4, 0.5) is 0 Å². The quantitative estimate of drug-likeness (QED) is 0.0246. The van der Waals surface area contributed by atoms with E-state index in [4.69, 9.17) is 4.74 Å². The van der Waals surface area contributed by atoms with Crippen molar-refractivity contribution in [3.63, 3.8) is 0 Å². The Morgan fingerprint density at radius 2 is 0.934 bits per heavy atom. The molecule has 0 radical (unpaired) electrons. The van der Waals surface area contributed by atoms with Gasteiger partial charge in [0.05, 0.1) is 25.2 Å². The van der Waals surface area contributed by atoms with Gasteiger partial charge in [0.15, 0.2) is 0 Å². The first-order valence-electron chi connectivity index (χ1n) is 25.3. The highest BCUT2D eigenvalue weighted by Crippen LogP contribution is 2.17. The van der Waals surface area contributed by atoms with Crippen LogP contribution in [0, 0.1) is 0 Å². The Morgan fingerprint density at radius 3 is 1.48 bits per heavy atom. The standard InChI is InChI=1S/C55H95NO5/c1-4-7-10-13-16-19-22-24-25-26-27-28-29-31-33-36-39-42-45-48-55(60)61-51(46-43-40-37-34-32-30-23-20-17-14-11-8-5-2)49-54(59)56-52(50-57)53(58)47-44-41-38-35-21-18-15-12-9-6-3/h7,10,16-17,19-20,23-25,27-28,30-31,33,51-53,57-58H,4-6,8-9,11-15,18,21-22,26,29,32,34-50H2,1-3H3,(H,56,59)/b10-7-,19-16-,20-17+,25-24-,28-27-,30-23+,33-31-. The number of aliphatic hydroxyl groups is 2. The van der Waals surface area contributed by atoms with Crippen LogP contribution in [0.15, 0.2) is 85.1 Å². The van der Waals surface area contributed by atoms with Crippen LogP contribution >= 0.6 is 0 Å². The van der Waals surface area contributed by atoms with E-state index in [1.165, 1.54) is 64.2 Å². The second-order valence-corrected chi connectivity index (χ2v) is 16.9. The van der Waals surface area contributed by atoms with Crippen molar-refractivity contribution in [2.24, 2.45) is 0 Å². The molecule has 0 rings (SSSR count). The minimum Gasteiger partial charge on any atom is -0.462 e. The fraction of sp³-hybridized carbons (Fsp3) is 0.709. The predicted octanol–water partition coefficient (Wildman–Crippen LogP) is 15.2. The average Bonchev–Trinajstić information content (AvgIpc) is 3.25. The van der Waals surface area contributed by atoms with Crippen molar-refractivity contribution < 1.29 is 24.5 Å². The lowest BCUT2D eigenvalue weighted by Crippen LogP contribution is -2.46. The third-order valence-electron chi connectivity index (χ3n) is 11.0. The number of unbranched alkanes of at least 4 members (excludes halogenated alkanes) is 19. The number of esters is 1. The molecule has 61 heavy (non-hydrogen) atoms. The fourth-order valence-electron chi connectivity index (χ4n) is 7.15. The van der Waals surface area contributed by atoms with Gasteiger partial charge in [0.25, 0.3) is 0 Å². The van der Waals surface area contributed by atoms with Gasteiger partial charge in [-0.1, -0.05) is 202 Å². The molecular formula is C55H95NO5. The van der Waals surface area contributed by atoms with Crippen LogP contribution in [-0.2, 0) is 14.3 Å². The summed E-state index contributed by atoms with van der Waals surface area (Å²) in [6, 6.07) is -0.718. The summed E-state index contributed by atoms with van der Waals surface area (Å²) in [6.45, 7) is 6.30. The zero-order valence-corrected chi connectivity index (χ0v) is 39.8. The Balaban J connectivity index is 4.67. The van der Waals surface area contributed by atoms with Gasteiger partial charge in [-0.15, -0.1) is 0 Å². The molecule has 1 amide bonds. The molecule has 3 atom stereocenters. The van der Waals surface area contributed by atoms with Gasteiger partial charge in [0.1, 0.15) is 6.10 Å². The summed E-state index contributed by atoms with van der Waals surface area (Å²) >= 11 is 0. The van der Waals surface area contributed by atoms with E-state index in [1.807, 2.05) is 0 Å². The number of aliphatic hydroxyl groups excluding tert-OH is 2. The number of allylic oxidation sites excluding steroid dienone is 14. The Kier molecular flexibility index (Phi) is 45.7. The molecule has 0 spiro atoms. The number of rotatable bonds is 44. The molecule has 0 aromatic rings. The third kappa shape index (κ3) is 43.5. The van der Waals surface area contributed by atoms with Crippen molar-refractivity contribution in [1.82, 2.24) is 5.32 Å². The smallest absolute Gasteiger partial charge is 0.306 e. The summed E-state index contributed by atoms with van der Waals surface area (Å²) in [7, 11) is 0. The molecule has 3 unspecified atom stereocenters. The van der Waals surface area contributed by atoms with Gasteiger partial charge in [-0.2, -0.15) is 0 Å². The number of ether oxygens (including phenoxy) is 1. The second-order valence-electron chi connectivity index (χ2n) is 16.9. The van der Waals surface area contributed by atoms with E-state index in [1.54, 1.807) is 0 Å². The molecule has 350 valence electrons. The Bertz CT molecular complexity index is 1180. The van der Waals surface area contributed by atoms with E-state index in [2.05, 4.69) is 111 Å². The van der Waals surface area contributed by atoms with Crippen molar-refractivity contribution in [2.45, 2.75) is 244 Å². The van der Waals surface area contributed by atoms with Gasteiger partial charge < -0.3 is 20.3 Å². The fourth-order valence-corrected chi connectivity index (χ4v) is 7.15. The lowest BCUT2D eigenvalue weighted by molar-refractivity contribution is -0.151. The number of hydrogen-bond donors (Lipinski definition) is 3. The second kappa shape index (κ2) is 48.1. The zero-order valence-electron chi connectivity index (χ0n) is 39.8. The molecule has 0 aliphatic heterocycles. The SMILES string of the molecule is CC/C=C\C/C=C\C/C=C\C/C=C\C/C=C\CCCCCC(=O)OC(CCCCCC/C=C/C=C/CCCCC)CC(=O)NC(CO)C(O)CCCCCCCCCCCC. The molecule has 0 aromatic carbocycles. The van der Waals surface area contributed by atoms with E-state index in [9.17, 15) is 19.8 Å². The average molecular weight is 850 g/mol. The number of carbonyl (C=O) groups is 2. The van der Waals surface area contributed by atoms with Crippen LogP contribution in [0.3, 0.4) is 0 Å². The summed E-state index contributed by atoms with van der Waals surface area (Å²) in [5.74, 6) is -0.538. The largest absolute Gasteiger partial charge is 0.462 e. The predicted molar refractivity (Wildman–Crippen MR) is 264 cm³/mol. The molecule has 0 saturated heterocycles. The first-order chi connectivity index (χ1) is 30.0. The van der Waals surface area contributed by atoms with Crippen LogP contribution in [0.2, 0.25) is 0 Å².